The highest BCUT2D eigenvalue weighted by molar-refractivity contribution is 9.10. The molecular weight excluding hydrogens is 382 g/mol. The molecule has 5 nitrogen and oxygen atoms in total. The molecule has 3 rings (SSSR count). The van der Waals surface area contributed by atoms with Gasteiger partial charge in [0, 0.05) is 22.9 Å². The Morgan fingerprint density at radius 3 is 2.52 bits per heavy atom. The zero-order valence-corrected chi connectivity index (χ0v) is 15.2. The summed E-state index contributed by atoms with van der Waals surface area (Å²) in [7, 11) is 0. The topological polar surface area (TPSA) is 82.0 Å². The van der Waals surface area contributed by atoms with Crippen LogP contribution in [0.5, 0.6) is 0 Å². The van der Waals surface area contributed by atoms with Crippen LogP contribution >= 0.6 is 15.9 Å². The first-order valence-electron chi connectivity index (χ1n) is 8.06. The highest BCUT2D eigenvalue weighted by Crippen LogP contribution is 2.19. The third kappa shape index (κ3) is 4.54. The molecule has 25 heavy (non-hydrogen) atoms. The zero-order chi connectivity index (χ0) is 17.6. The Hall–Kier alpha value is -2.47. The van der Waals surface area contributed by atoms with Crippen LogP contribution < -0.4 is 5.73 Å². The Bertz CT molecular complexity index is 876. The van der Waals surface area contributed by atoms with Gasteiger partial charge in [0.05, 0.1) is 0 Å². The molecule has 1 amide bonds. The monoisotopic (exact) mass is 399 g/mol. The molecule has 3 aromatic rings. The quantitative estimate of drug-likeness (QED) is 0.656. The van der Waals surface area contributed by atoms with Gasteiger partial charge in [-0.25, -0.2) is 0 Å². The third-order valence-corrected chi connectivity index (χ3v) is 4.71. The van der Waals surface area contributed by atoms with E-state index in [1.54, 1.807) is 6.07 Å². The fraction of sp³-hybridized carbons (Fsp3) is 0.211. The Balaban J connectivity index is 1.58. The molecule has 0 unspecified atom stereocenters. The number of nitrogens with zero attached hydrogens (tertiary/aromatic N) is 2. The first-order chi connectivity index (χ1) is 12.1. The number of primary amides is 1. The molecule has 1 aromatic heterocycles. The summed E-state index contributed by atoms with van der Waals surface area (Å²) < 4.78 is 6.36. The summed E-state index contributed by atoms with van der Waals surface area (Å²) >= 11 is 3.52. The van der Waals surface area contributed by atoms with E-state index in [0.717, 1.165) is 28.4 Å². The third-order valence-electron chi connectivity index (χ3n) is 3.94. The molecule has 128 valence electrons. The number of hydrogen-bond donors (Lipinski definition) is 1. The molecule has 0 aliphatic carbocycles. The standard InChI is InChI=1S/C19H18BrN3O2/c20-16-10-4-2-7-14(16)12-17-22-18(25-23-17)11-5-8-13-6-1-3-9-15(13)19(21)24/h1-4,6-7,9-10H,5,8,11-12H2,(H2,21,24). The molecule has 0 radical (unpaired) electrons. The summed E-state index contributed by atoms with van der Waals surface area (Å²) in [4.78, 5) is 15.9. The minimum Gasteiger partial charge on any atom is -0.366 e. The van der Waals surface area contributed by atoms with Crippen LogP contribution in [0.15, 0.2) is 57.5 Å². The summed E-state index contributed by atoms with van der Waals surface area (Å²) in [5, 5.41) is 4.04. The van der Waals surface area contributed by atoms with Gasteiger partial charge in [0.2, 0.25) is 11.8 Å². The molecule has 0 spiro atoms. The molecule has 0 atom stereocenters. The van der Waals surface area contributed by atoms with Gasteiger partial charge in [0.25, 0.3) is 0 Å². The Morgan fingerprint density at radius 2 is 1.76 bits per heavy atom. The molecule has 6 heteroatoms. The molecule has 0 fully saturated rings. The fourth-order valence-corrected chi connectivity index (χ4v) is 3.11. The lowest BCUT2D eigenvalue weighted by Gasteiger charge is -2.05. The number of aryl methyl sites for hydroxylation is 2. The van der Waals surface area contributed by atoms with Crippen molar-refractivity contribution < 1.29 is 9.32 Å². The number of carbonyl (C=O) groups excluding carboxylic acids is 1. The molecule has 0 saturated carbocycles. The van der Waals surface area contributed by atoms with Gasteiger partial charge in [-0.3, -0.25) is 4.79 Å². The van der Waals surface area contributed by atoms with Crippen molar-refractivity contribution in [3.05, 3.63) is 81.4 Å². The highest BCUT2D eigenvalue weighted by Gasteiger charge is 2.10. The van der Waals surface area contributed by atoms with E-state index in [2.05, 4.69) is 26.1 Å². The predicted octanol–water partition coefficient (Wildman–Crippen LogP) is 3.70. The lowest BCUT2D eigenvalue weighted by Crippen LogP contribution is -2.13. The second-order valence-corrected chi connectivity index (χ2v) is 6.60. The number of amides is 1. The maximum absolute atomic E-state index is 11.4. The van der Waals surface area contributed by atoms with Gasteiger partial charge >= 0.3 is 0 Å². The number of halogens is 1. The first-order valence-corrected chi connectivity index (χ1v) is 8.85. The largest absolute Gasteiger partial charge is 0.366 e. The summed E-state index contributed by atoms with van der Waals surface area (Å²) in [6.07, 6.45) is 2.83. The van der Waals surface area contributed by atoms with E-state index in [1.807, 2.05) is 42.5 Å². The van der Waals surface area contributed by atoms with Gasteiger partial charge in [-0.15, -0.1) is 0 Å². The molecule has 2 aromatic carbocycles. The number of carbonyl (C=O) groups is 1. The van der Waals surface area contributed by atoms with Crippen LogP contribution in [0.1, 0.15) is 39.6 Å². The van der Waals surface area contributed by atoms with Gasteiger partial charge in [-0.05, 0) is 36.1 Å². The van der Waals surface area contributed by atoms with Gasteiger partial charge in [-0.1, -0.05) is 57.5 Å². The average molecular weight is 400 g/mol. The van der Waals surface area contributed by atoms with Crippen LogP contribution in [0.4, 0.5) is 0 Å². The maximum Gasteiger partial charge on any atom is 0.248 e. The van der Waals surface area contributed by atoms with E-state index in [0.29, 0.717) is 30.1 Å². The minimum absolute atomic E-state index is 0.399. The van der Waals surface area contributed by atoms with Crippen molar-refractivity contribution in [2.45, 2.75) is 25.7 Å². The molecule has 1 heterocycles. The lowest BCUT2D eigenvalue weighted by molar-refractivity contribution is 0.0999. The average Bonchev–Trinajstić information content (AvgIpc) is 3.05. The van der Waals surface area contributed by atoms with E-state index in [1.165, 1.54) is 0 Å². The van der Waals surface area contributed by atoms with E-state index in [9.17, 15) is 4.79 Å². The minimum atomic E-state index is -0.399. The molecule has 0 bridgehead atoms. The van der Waals surface area contributed by atoms with Crippen LogP contribution in [0.3, 0.4) is 0 Å². The van der Waals surface area contributed by atoms with Gasteiger partial charge in [0.15, 0.2) is 5.82 Å². The number of hydrogen-bond acceptors (Lipinski definition) is 4. The maximum atomic E-state index is 11.4. The second kappa shape index (κ2) is 8.07. The molecule has 0 aliphatic heterocycles. The molecule has 0 aliphatic rings. The molecular formula is C19H18BrN3O2. The van der Waals surface area contributed by atoms with Crippen LogP contribution in [0.2, 0.25) is 0 Å². The van der Waals surface area contributed by atoms with E-state index in [-0.39, 0.29) is 0 Å². The van der Waals surface area contributed by atoms with Crippen LogP contribution in [-0.2, 0) is 19.3 Å². The summed E-state index contributed by atoms with van der Waals surface area (Å²) in [5.74, 6) is 0.877. The SMILES string of the molecule is NC(=O)c1ccccc1CCCc1nc(Cc2ccccc2Br)no1. The van der Waals surface area contributed by atoms with Crippen molar-refractivity contribution >= 4 is 21.8 Å². The summed E-state index contributed by atoms with van der Waals surface area (Å²) in [5.41, 5.74) is 8.04. The number of nitrogens with two attached hydrogens (primary N) is 1. The van der Waals surface area contributed by atoms with E-state index < -0.39 is 5.91 Å². The van der Waals surface area contributed by atoms with Crippen LogP contribution in [0, 0.1) is 0 Å². The smallest absolute Gasteiger partial charge is 0.248 e. The van der Waals surface area contributed by atoms with Crippen molar-refractivity contribution in [2.24, 2.45) is 5.73 Å². The van der Waals surface area contributed by atoms with Crippen molar-refractivity contribution in [1.82, 2.24) is 10.1 Å². The first kappa shape index (κ1) is 17.4. The normalized spacial score (nSPS) is 10.8. The predicted molar refractivity (Wildman–Crippen MR) is 98.2 cm³/mol. The van der Waals surface area contributed by atoms with E-state index >= 15 is 0 Å². The zero-order valence-electron chi connectivity index (χ0n) is 13.6. The second-order valence-electron chi connectivity index (χ2n) is 5.75. The lowest BCUT2D eigenvalue weighted by atomic mass is 10.0. The van der Waals surface area contributed by atoms with E-state index in [4.69, 9.17) is 10.3 Å². The van der Waals surface area contributed by atoms with Gasteiger partial charge in [-0.2, -0.15) is 4.98 Å². The highest BCUT2D eigenvalue weighted by atomic mass is 79.9. The molecule has 0 saturated heterocycles. The van der Waals surface area contributed by atoms with Gasteiger partial charge in [0.1, 0.15) is 0 Å². The van der Waals surface area contributed by atoms with Crippen molar-refractivity contribution in [3.63, 3.8) is 0 Å². The summed E-state index contributed by atoms with van der Waals surface area (Å²) in [6.45, 7) is 0. The van der Waals surface area contributed by atoms with Crippen LogP contribution in [0.25, 0.3) is 0 Å². The Morgan fingerprint density at radius 1 is 1.04 bits per heavy atom. The number of rotatable bonds is 7. The Kier molecular flexibility index (Phi) is 5.60. The Labute approximate surface area is 154 Å². The van der Waals surface area contributed by atoms with Crippen LogP contribution in [-0.4, -0.2) is 16.0 Å². The summed E-state index contributed by atoms with van der Waals surface area (Å²) in [6, 6.07) is 15.4. The fourth-order valence-electron chi connectivity index (χ4n) is 2.68. The van der Waals surface area contributed by atoms with Crippen molar-refractivity contribution in [1.29, 1.82) is 0 Å². The molecule has 2 N–H and O–H groups in total. The van der Waals surface area contributed by atoms with Gasteiger partial charge < -0.3 is 10.3 Å². The van der Waals surface area contributed by atoms with Crippen molar-refractivity contribution in [2.75, 3.05) is 0 Å². The number of benzene rings is 2. The van der Waals surface area contributed by atoms with Crippen molar-refractivity contribution in [3.8, 4) is 0 Å². The number of aromatic nitrogens is 2.